The summed E-state index contributed by atoms with van der Waals surface area (Å²) in [7, 11) is 0. The van der Waals surface area contributed by atoms with Crippen LogP contribution < -0.4 is 11.1 Å². The van der Waals surface area contributed by atoms with Gasteiger partial charge in [0.1, 0.15) is 24.6 Å². The molecule has 176 valence electrons. The van der Waals surface area contributed by atoms with Gasteiger partial charge in [-0.1, -0.05) is 36.4 Å². The maximum absolute atomic E-state index is 10.9. The molecule has 0 bridgehead atoms. The fourth-order valence-electron chi connectivity index (χ4n) is 4.89. The molecule has 6 aromatic rings. The van der Waals surface area contributed by atoms with E-state index in [0.717, 1.165) is 33.1 Å². The van der Waals surface area contributed by atoms with Crippen molar-refractivity contribution in [3.8, 4) is 0 Å². The summed E-state index contributed by atoms with van der Waals surface area (Å²) in [6, 6.07) is 23.8. The molecule has 0 radical (unpaired) electrons. The zero-order valence-corrected chi connectivity index (χ0v) is 19.3. The number of nitrogens with two attached hydrogens (primary N) is 1. The van der Waals surface area contributed by atoms with Gasteiger partial charge in [0, 0.05) is 13.1 Å². The molecule has 3 aromatic heterocycles. The van der Waals surface area contributed by atoms with Crippen LogP contribution in [0.4, 0.5) is 0 Å². The average molecular weight is 467 g/mol. The van der Waals surface area contributed by atoms with Gasteiger partial charge in [0.2, 0.25) is 0 Å². The Bertz CT molecular complexity index is 1570. The standard InChI is InChI=1S/C26H26N8O/c1-18(35)25-31-21-10-4-7-13-24(21)34(25)26(30-15-14-27,32-16-28-19-8-2-5-11-22(19)32)33-17-29-20-9-3-6-12-23(20)33/h2-13,16-18,30,35H,14-15,27H2,1H3. The highest BCUT2D eigenvalue weighted by Crippen LogP contribution is 2.34. The van der Waals surface area contributed by atoms with Crippen molar-refractivity contribution in [3.05, 3.63) is 91.3 Å². The number of aliphatic hydroxyl groups is 1. The molecule has 0 aliphatic carbocycles. The van der Waals surface area contributed by atoms with Gasteiger partial charge >= 0.3 is 0 Å². The van der Waals surface area contributed by atoms with E-state index >= 15 is 0 Å². The first kappa shape index (κ1) is 21.5. The first-order valence-electron chi connectivity index (χ1n) is 11.6. The molecule has 35 heavy (non-hydrogen) atoms. The molecule has 9 nitrogen and oxygen atoms in total. The largest absolute Gasteiger partial charge is 0.385 e. The van der Waals surface area contributed by atoms with Crippen LogP contribution in [-0.2, 0) is 5.91 Å². The lowest BCUT2D eigenvalue weighted by Crippen LogP contribution is -2.60. The molecule has 3 heterocycles. The van der Waals surface area contributed by atoms with Gasteiger partial charge in [-0.25, -0.2) is 15.0 Å². The van der Waals surface area contributed by atoms with Crippen molar-refractivity contribution in [2.45, 2.75) is 18.9 Å². The van der Waals surface area contributed by atoms with E-state index in [1.807, 2.05) is 90.0 Å². The van der Waals surface area contributed by atoms with Gasteiger partial charge < -0.3 is 10.8 Å². The van der Waals surface area contributed by atoms with Crippen molar-refractivity contribution in [1.82, 2.24) is 34.0 Å². The molecular formula is C26H26N8O. The molecule has 1 atom stereocenters. The number of aliphatic hydroxyl groups excluding tert-OH is 1. The summed E-state index contributed by atoms with van der Waals surface area (Å²) in [6.45, 7) is 2.60. The molecular weight excluding hydrogens is 440 g/mol. The first-order chi connectivity index (χ1) is 17.1. The zero-order chi connectivity index (χ0) is 24.0. The van der Waals surface area contributed by atoms with Crippen LogP contribution in [-0.4, -0.2) is 46.8 Å². The molecule has 1 unspecified atom stereocenters. The lowest BCUT2D eigenvalue weighted by atomic mass is 10.2. The number of para-hydroxylation sites is 6. The summed E-state index contributed by atoms with van der Waals surface area (Å²) < 4.78 is 6.16. The lowest BCUT2D eigenvalue weighted by molar-refractivity contribution is 0.110. The number of hydrogen-bond donors (Lipinski definition) is 3. The summed E-state index contributed by atoms with van der Waals surface area (Å²) in [5.41, 5.74) is 11.2. The van der Waals surface area contributed by atoms with E-state index in [0.29, 0.717) is 18.9 Å². The summed E-state index contributed by atoms with van der Waals surface area (Å²) in [6.07, 6.45) is 2.78. The van der Waals surface area contributed by atoms with Crippen molar-refractivity contribution >= 4 is 33.1 Å². The number of aromatic nitrogens is 6. The number of nitrogens with one attached hydrogen (secondary N) is 1. The summed E-state index contributed by atoms with van der Waals surface area (Å²) in [5, 5.41) is 14.6. The Labute approximate surface area is 201 Å². The van der Waals surface area contributed by atoms with Crippen molar-refractivity contribution in [3.63, 3.8) is 0 Å². The number of rotatable bonds is 7. The highest BCUT2D eigenvalue weighted by molar-refractivity contribution is 5.80. The van der Waals surface area contributed by atoms with Crippen LogP contribution in [0.15, 0.2) is 85.5 Å². The van der Waals surface area contributed by atoms with E-state index in [1.165, 1.54) is 0 Å². The second-order valence-electron chi connectivity index (χ2n) is 8.53. The van der Waals surface area contributed by atoms with E-state index in [2.05, 4.69) is 14.5 Å². The average Bonchev–Trinajstić information content (AvgIpc) is 3.61. The van der Waals surface area contributed by atoms with E-state index in [1.54, 1.807) is 6.92 Å². The van der Waals surface area contributed by atoms with Crippen LogP contribution in [0.3, 0.4) is 0 Å². The zero-order valence-electron chi connectivity index (χ0n) is 19.3. The minimum Gasteiger partial charge on any atom is -0.385 e. The Morgan fingerprint density at radius 3 is 1.89 bits per heavy atom. The van der Waals surface area contributed by atoms with Crippen LogP contribution in [0.2, 0.25) is 0 Å². The van der Waals surface area contributed by atoms with Crippen molar-refractivity contribution in [2.75, 3.05) is 13.1 Å². The van der Waals surface area contributed by atoms with Gasteiger partial charge in [0.15, 0.2) is 0 Å². The predicted octanol–water partition coefficient (Wildman–Crippen LogP) is 3.00. The lowest BCUT2D eigenvalue weighted by Gasteiger charge is -2.40. The third kappa shape index (κ3) is 3.17. The maximum atomic E-state index is 10.9. The fourth-order valence-corrected chi connectivity index (χ4v) is 4.89. The second kappa shape index (κ2) is 8.31. The fraction of sp³-hybridized carbons (Fsp3) is 0.192. The molecule has 3 aromatic carbocycles. The van der Waals surface area contributed by atoms with E-state index < -0.39 is 12.0 Å². The van der Waals surface area contributed by atoms with Crippen molar-refractivity contribution < 1.29 is 5.11 Å². The highest BCUT2D eigenvalue weighted by Gasteiger charge is 2.42. The molecule has 0 saturated carbocycles. The topological polar surface area (TPSA) is 112 Å². The molecule has 0 aliphatic rings. The van der Waals surface area contributed by atoms with Gasteiger partial charge in [-0.2, -0.15) is 0 Å². The second-order valence-corrected chi connectivity index (χ2v) is 8.53. The van der Waals surface area contributed by atoms with Gasteiger partial charge in [0.05, 0.1) is 33.1 Å². The van der Waals surface area contributed by atoms with E-state index in [4.69, 9.17) is 20.7 Å². The van der Waals surface area contributed by atoms with Crippen molar-refractivity contribution in [2.24, 2.45) is 5.73 Å². The first-order valence-corrected chi connectivity index (χ1v) is 11.6. The van der Waals surface area contributed by atoms with E-state index in [9.17, 15) is 5.11 Å². The number of benzene rings is 3. The normalized spacial score (nSPS) is 13.2. The Balaban J connectivity index is 1.83. The summed E-state index contributed by atoms with van der Waals surface area (Å²) in [5.74, 6) is -0.639. The molecule has 4 N–H and O–H groups in total. The molecule has 0 fully saturated rings. The van der Waals surface area contributed by atoms with Crippen LogP contribution in [0.1, 0.15) is 18.9 Å². The predicted molar refractivity (Wildman–Crippen MR) is 136 cm³/mol. The Hall–Kier alpha value is -4.05. The molecule has 0 saturated heterocycles. The molecule has 0 spiro atoms. The summed E-state index contributed by atoms with van der Waals surface area (Å²) in [4.78, 5) is 14.3. The molecule has 0 amide bonds. The molecule has 0 aliphatic heterocycles. The minimum absolute atomic E-state index is 0.400. The summed E-state index contributed by atoms with van der Waals surface area (Å²) >= 11 is 0. The van der Waals surface area contributed by atoms with Crippen molar-refractivity contribution in [1.29, 1.82) is 0 Å². The smallest absolute Gasteiger partial charge is 0.269 e. The maximum Gasteiger partial charge on any atom is 0.269 e. The minimum atomic E-state index is -1.14. The van der Waals surface area contributed by atoms with Crippen LogP contribution in [0, 0.1) is 0 Å². The highest BCUT2D eigenvalue weighted by atomic mass is 16.3. The molecule has 9 heteroatoms. The Morgan fingerprint density at radius 2 is 1.34 bits per heavy atom. The van der Waals surface area contributed by atoms with Gasteiger partial charge in [-0.15, -0.1) is 0 Å². The number of nitrogens with zero attached hydrogens (tertiary/aromatic N) is 6. The van der Waals surface area contributed by atoms with Gasteiger partial charge in [0.25, 0.3) is 5.91 Å². The Kier molecular flexibility index (Phi) is 5.10. The molecule has 6 rings (SSSR count). The number of imidazole rings is 3. The van der Waals surface area contributed by atoms with Crippen LogP contribution in [0.5, 0.6) is 0 Å². The van der Waals surface area contributed by atoms with Crippen LogP contribution >= 0.6 is 0 Å². The monoisotopic (exact) mass is 466 g/mol. The van der Waals surface area contributed by atoms with Gasteiger partial charge in [-0.3, -0.25) is 19.0 Å². The quantitative estimate of drug-likeness (QED) is 0.334. The van der Waals surface area contributed by atoms with Crippen LogP contribution in [0.25, 0.3) is 33.1 Å². The third-order valence-corrected chi connectivity index (χ3v) is 6.36. The SMILES string of the molecule is CC(O)c1nc2ccccc2n1C(NCCN)(n1cnc2ccccc21)n1cnc2ccccc21. The third-order valence-electron chi connectivity index (χ3n) is 6.36. The van der Waals surface area contributed by atoms with E-state index in [-0.39, 0.29) is 0 Å². The van der Waals surface area contributed by atoms with Gasteiger partial charge in [-0.05, 0) is 43.3 Å². The number of fused-ring (bicyclic) bond motifs is 3. The number of hydrogen-bond acceptors (Lipinski definition) is 6. The Morgan fingerprint density at radius 1 is 0.829 bits per heavy atom.